The molecular weight excluding hydrogens is 555 g/mol. The van der Waals surface area contributed by atoms with Crippen molar-refractivity contribution in [1.29, 1.82) is 0 Å². The molecular formula is C28H34F3N7O4. The van der Waals surface area contributed by atoms with Crippen molar-refractivity contribution in [2.45, 2.75) is 38.4 Å². The number of anilines is 3. The average Bonchev–Trinajstić information content (AvgIpc) is 3.45. The van der Waals surface area contributed by atoms with Crippen LogP contribution < -0.4 is 20.1 Å². The topological polar surface area (TPSA) is 117 Å². The third kappa shape index (κ3) is 5.64. The van der Waals surface area contributed by atoms with E-state index in [1.54, 1.807) is 12.1 Å². The van der Waals surface area contributed by atoms with Crippen molar-refractivity contribution in [3.63, 3.8) is 0 Å². The van der Waals surface area contributed by atoms with Crippen molar-refractivity contribution in [3.05, 3.63) is 29.5 Å². The predicted octanol–water partition coefficient (Wildman–Crippen LogP) is 4.25. The lowest BCUT2D eigenvalue weighted by molar-refractivity contribution is -0.136. The van der Waals surface area contributed by atoms with Crippen LogP contribution in [0.5, 0.6) is 11.5 Å². The van der Waals surface area contributed by atoms with Crippen molar-refractivity contribution < 1.29 is 32.2 Å². The number of likely N-dealkylation sites (tertiary alicyclic amines) is 1. The quantitative estimate of drug-likeness (QED) is 0.372. The molecule has 11 nitrogen and oxygen atoms in total. The average molecular weight is 590 g/mol. The minimum Gasteiger partial charge on any atom is -0.485 e. The van der Waals surface area contributed by atoms with Crippen LogP contribution in [0.1, 0.15) is 42.1 Å². The Hall–Kier alpha value is -3.78. The van der Waals surface area contributed by atoms with Gasteiger partial charge in [-0.05, 0) is 31.4 Å². The number of nitrogens with zero attached hydrogens (tertiary/aromatic N) is 4. The Morgan fingerprint density at radius 1 is 1.05 bits per heavy atom. The monoisotopic (exact) mass is 589 g/mol. The summed E-state index contributed by atoms with van der Waals surface area (Å²) in [5.74, 6) is 0.674. The van der Waals surface area contributed by atoms with Gasteiger partial charge >= 0.3 is 6.18 Å². The Labute approximate surface area is 240 Å². The van der Waals surface area contributed by atoms with Gasteiger partial charge in [-0.25, -0.2) is 0 Å². The maximum absolute atomic E-state index is 13.6. The predicted molar refractivity (Wildman–Crippen MR) is 150 cm³/mol. The Morgan fingerprint density at radius 2 is 1.79 bits per heavy atom. The molecule has 0 unspecified atom stereocenters. The molecule has 0 spiro atoms. The number of amides is 1. The molecule has 14 heteroatoms. The highest BCUT2D eigenvalue weighted by Crippen LogP contribution is 2.43. The second-order valence-electron chi connectivity index (χ2n) is 10.6. The third-order valence-corrected chi connectivity index (χ3v) is 7.86. The van der Waals surface area contributed by atoms with E-state index in [0.717, 1.165) is 45.3 Å². The summed E-state index contributed by atoms with van der Waals surface area (Å²) in [6, 6.07) is 3.81. The number of hydrogen-bond acceptors (Lipinski definition) is 9. The number of morpholine rings is 1. The van der Waals surface area contributed by atoms with Crippen molar-refractivity contribution in [2.75, 3.05) is 69.8 Å². The summed E-state index contributed by atoms with van der Waals surface area (Å²) in [4.78, 5) is 29.2. The van der Waals surface area contributed by atoms with Gasteiger partial charge in [0.25, 0.3) is 5.91 Å². The van der Waals surface area contributed by atoms with Gasteiger partial charge in [-0.1, -0.05) is 6.92 Å². The largest absolute Gasteiger partial charge is 0.485 e. The number of rotatable bonds is 7. The number of piperidine rings is 1. The molecule has 3 aliphatic heterocycles. The van der Waals surface area contributed by atoms with Crippen LogP contribution in [0, 0.1) is 0 Å². The van der Waals surface area contributed by atoms with Gasteiger partial charge in [-0.3, -0.25) is 9.69 Å². The smallest absolute Gasteiger partial charge is 0.418 e. The minimum absolute atomic E-state index is 0.0387. The number of ether oxygens (including phenoxy) is 3. The zero-order valence-corrected chi connectivity index (χ0v) is 23.4. The first kappa shape index (κ1) is 28.3. The third-order valence-electron chi connectivity index (χ3n) is 7.86. The van der Waals surface area contributed by atoms with Gasteiger partial charge in [0.05, 0.1) is 35.4 Å². The van der Waals surface area contributed by atoms with E-state index in [2.05, 4.69) is 30.5 Å². The molecule has 1 amide bonds. The summed E-state index contributed by atoms with van der Waals surface area (Å²) in [5.41, 5.74) is 0.0435. The molecule has 0 atom stereocenters. The Morgan fingerprint density at radius 3 is 2.50 bits per heavy atom. The van der Waals surface area contributed by atoms with Crippen LogP contribution in [0.15, 0.2) is 18.3 Å². The second-order valence-corrected chi connectivity index (χ2v) is 10.6. The lowest BCUT2D eigenvalue weighted by Crippen LogP contribution is -2.50. The van der Waals surface area contributed by atoms with Crippen LogP contribution in [0.4, 0.5) is 30.6 Å². The number of nitrogens with one attached hydrogen (secondary N) is 3. The fraction of sp³-hybridized carbons (Fsp3) is 0.536. The molecule has 6 rings (SSSR count). The van der Waals surface area contributed by atoms with E-state index in [1.165, 1.54) is 0 Å². The molecule has 1 aromatic carbocycles. The first-order valence-corrected chi connectivity index (χ1v) is 14.3. The van der Waals surface area contributed by atoms with Gasteiger partial charge in [0.1, 0.15) is 24.7 Å². The van der Waals surface area contributed by atoms with Crippen LogP contribution in [0.25, 0.3) is 11.0 Å². The molecule has 0 radical (unpaired) electrons. The fourth-order valence-corrected chi connectivity index (χ4v) is 5.75. The van der Waals surface area contributed by atoms with Gasteiger partial charge in [-0.15, -0.1) is 0 Å². The number of carbonyl (C=O) groups is 1. The normalized spacial score (nSPS) is 18.3. The molecule has 226 valence electrons. The molecule has 0 bridgehead atoms. The lowest BCUT2D eigenvalue weighted by atomic mass is 10.0. The number of fused-ring (bicyclic) bond motifs is 2. The van der Waals surface area contributed by atoms with E-state index in [9.17, 15) is 18.0 Å². The molecule has 2 aromatic heterocycles. The SMILES string of the molecule is CCCNc1nc(Nc2ccc(C(=O)N3CCC(N4CCOCC4)CC3)c3c2OCCO3)nc2[nH]cc(C(F)(F)F)c12. The standard InChI is InChI=1S/C28H34F3N7O4/c1-2-7-32-24-21-19(28(29,30)31)16-33-25(21)36-27(35-24)34-20-4-3-18(22-23(20)42-15-14-41-22)26(39)38-8-5-17(6-9-38)37-10-12-40-13-11-37/h3-4,16-17H,2,5-15H2,1H3,(H3,32,33,34,35,36). The Balaban J connectivity index is 1.24. The van der Waals surface area contributed by atoms with Crippen molar-refractivity contribution in [1.82, 2.24) is 24.8 Å². The number of benzene rings is 1. The first-order valence-electron chi connectivity index (χ1n) is 14.3. The van der Waals surface area contributed by atoms with Crippen LogP contribution in [-0.2, 0) is 10.9 Å². The number of carbonyl (C=O) groups excluding carboxylic acids is 1. The van der Waals surface area contributed by atoms with Crippen molar-refractivity contribution >= 4 is 34.4 Å². The highest BCUT2D eigenvalue weighted by atomic mass is 19.4. The molecule has 3 aliphatic rings. The number of alkyl halides is 3. The molecule has 42 heavy (non-hydrogen) atoms. The number of aromatic amines is 1. The van der Waals surface area contributed by atoms with Crippen molar-refractivity contribution in [2.24, 2.45) is 0 Å². The maximum atomic E-state index is 13.6. The summed E-state index contributed by atoms with van der Waals surface area (Å²) in [7, 11) is 0. The van der Waals surface area contributed by atoms with E-state index in [1.807, 2.05) is 11.8 Å². The molecule has 0 saturated carbocycles. The minimum atomic E-state index is -4.57. The van der Waals surface area contributed by atoms with Gasteiger partial charge < -0.3 is 34.7 Å². The first-order chi connectivity index (χ1) is 20.3. The van der Waals surface area contributed by atoms with Gasteiger partial charge in [0.2, 0.25) is 5.95 Å². The molecule has 2 fully saturated rings. The van der Waals surface area contributed by atoms with E-state index in [-0.39, 0.29) is 41.9 Å². The summed E-state index contributed by atoms with van der Waals surface area (Å²) in [5, 5.41) is 5.93. The molecule has 0 aliphatic carbocycles. The van der Waals surface area contributed by atoms with Crippen LogP contribution in [-0.4, -0.2) is 95.9 Å². The summed E-state index contributed by atoms with van der Waals surface area (Å²) < 4.78 is 58.3. The Bertz CT molecular complexity index is 1430. The molecule has 3 N–H and O–H groups in total. The zero-order valence-electron chi connectivity index (χ0n) is 23.4. The number of aromatic nitrogens is 3. The Kier molecular flexibility index (Phi) is 7.99. The van der Waals surface area contributed by atoms with Crippen LogP contribution >= 0.6 is 0 Å². The van der Waals surface area contributed by atoms with Gasteiger partial charge in [0, 0.05) is 45.0 Å². The number of halogens is 3. The summed E-state index contributed by atoms with van der Waals surface area (Å²) >= 11 is 0. The number of H-pyrrole nitrogens is 1. The highest BCUT2D eigenvalue weighted by molar-refractivity contribution is 5.99. The van der Waals surface area contributed by atoms with Crippen LogP contribution in [0.3, 0.4) is 0 Å². The summed E-state index contributed by atoms with van der Waals surface area (Å²) in [6.45, 7) is 7.53. The van der Waals surface area contributed by atoms with Gasteiger partial charge in [0.15, 0.2) is 11.5 Å². The highest BCUT2D eigenvalue weighted by Gasteiger charge is 2.36. The van der Waals surface area contributed by atoms with E-state index in [0.29, 0.717) is 54.8 Å². The second kappa shape index (κ2) is 11.8. The van der Waals surface area contributed by atoms with Gasteiger partial charge in [-0.2, -0.15) is 23.1 Å². The van der Waals surface area contributed by atoms with E-state index in [4.69, 9.17) is 14.2 Å². The molecule has 3 aromatic rings. The zero-order chi connectivity index (χ0) is 29.3. The molecule has 2 saturated heterocycles. The van der Waals surface area contributed by atoms with Crippen LogP contribution in [0.2, 0.25) is 0 Å². The maximum Gasteiger partial charge on any atom is 0.418 e. The fourth-order valence-electron chi connectivity index (χ4n) is 5.75. The molecule has 5 heterocycles. The summed E-state index contributed by atoms with van der Waals surface area (Å²) in [6.07, 6.45) is -1.19. The van der Waals surface area contributed by atoms with Crippen molar-refractivity contribution in [3.8, 4) is 11.5 Å². The number of hydrogen-bond donors (Lipinski definition) is 3. The van der Waals surface area contributed by atoms with E-state index >= 15 is 0 Å². The lowest BCUT2D eigenvalue weighted by Gasteiger charge is -2.40. The van der Waals surface area contributed by atoms with E-state index < -0.39 is 11.7 Å².